The fourth-order valence-corrected chi connectivity index (χ4v) is 7.35. The molecule has 4 saturated carbocycles. The molecule has 6 heteroatoms. The summed E-state index contributed by atoms with van der Waals surface area (Å²) in [7, 11) is 0. The monoisotopic (exact) mass is 424 g/mol. The number of oxime groups is 1. The number of fused-ring (bicyclic) bond motifs is 5. The van der Waals surface area contributed by atoms with Crippen molar-refractivity contribution >= 4 is 23.9 Å². The Kier molecular flexibility index (Phi) is 6.82. The highest BCUT2D eigenvalue weighted by Gasteiger charge is 2.61. The third-order valence-electron chi connectivity index (χ3n) is 8.86. The molecule has 4 aliphatic rings. The Morgan fingerprint density at radius 3 is 2.72 bits per heavy atom. The number of rotatable bonds is 4. The maximum atomic E-state index is 12.6. The number of ketones is 1. The van der Waals surface area contributed by atoms with Crippen LogP contribution in [-0.4, -0.2) is 36.4 Å². The van der Waals surface area contributed by atoms with Crippen LogP contribution in [0.15, 0.2) is 16.8 Å². The molecular weight excluding hydrogens is 388 g/mol. The first-order chi connectivity index (χ1) is 13.4. The number of carbonyl (C=O) groups excluding carboxylic acids is 1. The minimum atomic E-state index is -0.105. The Bertz CT molecular complexity index is 694. The molecule has 0 aromatic rings. The Morgan fingerprint density at radius 1 is 1.21 bits per heavy atom. The summed E-state index contributed by atoms with van der Waals surface area (Å²) in [5.74, 6) is 2.68. The fraction of sp³-hybridized carbons (Fsp3) is 0.826. The fourth-order valence-electron chi connectivity index (χ4n) is 7.35. The van der Waals surface area contributed by atoms with Crippen molar-refractivity contribution in [3.63, 3.8) is 0 Å². The lowest BCUT2D eigenvalue weighted by atomic mass is 9.44. The first kappa shape index (κ1) is 22.8. The number of halogens is 1. The van der Waals surface area contributed by atoms with Gasteiger partial charge in [0.2, 0.25) is 0 Å². The van der Waals surface area contributed by atoms with Gasteiger partial charge in [0.05, 0.1) is 12.3 Å². The van der Waals surface area contributed by atoms with E-state index >= 15 is 0 Å². The lowest BCUT2D eigenvalue weighted by molar-refractivity contribution is -0.134. The van der Waals surface area contributed by atoms with E-state index in [-0.39, 0.29) is 29.8 Å². The minimum absolute atomic E-state index is 0. The molecule has 0 radical (unpaired) electrons. The smallest absolute Gasteiger partial charge is 0.139 e. The van der Waals surface area contributed by atoms with E-state index in [1.807, 2.05) is 6.08 Å². The van der Waals surface area contributed by atoms with Crippen LogP contribution in [0.4, 0.5) is 0 Å². The van der Waals surface area contributed by atoms with E-state index in [2.05, 4.69) is 19.0 Å². The van der Waals surface area contributed by atoms with Gasteiger partial charge in [0.15, 0.2) is 0 Å². The molecule has 0 aromatic carbocycles. The van der Waals surface area contributed by atoms with Gasteiger partial charge in [0.25, 0.3) is 0 Å². The van der Waals surface area contributed by atoms with Crippen LogP contribution < -0.4 is 5.73 Å². The van der Waals surface area contributed by atoms with Crippen LogP contribution in [0.25, 0.3) is 0 Å². The summed E-state index contributed by atoms with van der Waals surface area (Å²) in [4.78, 5) is 18.0. The molecule has 0 bridgehead atoms. The van der Waals surface area contributed by atoms with E-state index in [0.29, 0.717) is 42.6 Å². The lowest BCUT2D eigenvalue weighted by Crippen LogP contribution is -2.54. The van der Waals surface area contributed by atoms with Gasteiger partial charge in [-0.1, -0.05) is 30.7 Å². The highest BCUT2D eigenvalue weighted by Crippen LogP contribution is 2.66. The summed E-state index contributed by atoms with van der Waals surface area (Å²) in [6, 6.07) is 0. The van der Waals surface area contributed by atoms with Crippen molar-refractivity contribution in [1.82, 2.24) is 0 Å². The van der Waals surface area contributed by atoms with Gasteiger partial charge in [0, 0.05) is 18.4 Å². The molecule has 0 aromatic heterocycles. The topological polar surface area (TPSA) is 84.9 Å². The van der Waals surface area contributed by atoms with Crippen LogP contribution >= 0.6 is 12.4 Å². The largest absolute Gasteiger partial charge is 0.395 e. The highest BCUT2D eigenvalue weighted by atomic mass is 35.5. The number of nitrogens with two attached hydrogens (primary N) is 1. The number of carbonyl (C=O) groups is 1. The average Bonchev–Trinajstić information content (AvgIpc) is 2.98. The van der Waals surface area contributed by atoms with Crippen LogP contribution in [-0.2, 0) is 9.63 Å². The van der Waals surface area contributed by atoms with Gasteiger partial charge in [-0.25, -0.2) is 0 Å². The predicted molar refractivity (Wildman–Crippen MR) is 117 cm³/mol. The van der Waals surface area contributed by atoms with E-state index in [4.69, 9.17) is 10.6 Å². The van der Waals surface area contributed by atoms with Crippen LogP contribution in [0, 0.1) is 34.5 Å². The molecule has 0 amide bonds. The zero-order valence-electron chi connectivity index (χ0n) is 17.9. The van der Waals surface area contributed by atoms with Gasteiger partial charge in [-0.05, 0) is 74.0 Å². The second kappa shape index (κ2) is 8.68. The third-order valence-corrected chi connectivity index (χ3v) is 8.86. The SMILES string of the molecule is C[C@]12CC/C(=N/OCCN)CC1/C(=C/CO)C[C@@H]1[C@@H]2CC[C@]2(C)C(=O)CC[C@@H]12.Cl. The van der Waals surface area contributed by atoms with Crippen molar-refractivity contribution < 1.29 is 14.7 Å². The van der Waals surface area contributed by atoms with E-state index in [1.165, 1.54) is 12.0 Å². The summed E-state index contributed by atoms with van der Waals surface area (Å²) >= 11 is 0. The summed E-state index contributed by atoms with van der Waals surface area (Å²) in [5, 5.41) is 14.1. The molecule has 1 unspecified atom stereocenters. The summed E-state index contributed by atoms with van der Waals surface area (Å²) in [5.41, 5.74) is 8.16. The minimum Gasteiger partial charge on any atom is -0.395 e. The quantitative estimate of drug-likeness (QED) is 0.407. The van der Waals surface area contributed by atoms with Gasteiger partial charge in [-0.15, -0.1) is 12.4 Å². The molecule has 0 heterocycles. The number of allylic oxidation sites excluding steroid dienone is 1. The number of aliphatic hydroxyl groups is 1. The van der Waals surface area contributed by atoms with Gasteiger partial charge in [0.1, 0.15) is 12.4 Å². The zero-order chi connectivity index (χ0) is 19.9. The average molecular weight is 425 g/mol. The maximum absolute atomic E-state index is 12.6. The number of nitrogens with zero attached hydrogens (tertiary/aromatic N) is 1. The molecule has 5 nitrogen and oxygen atoms in total. The Morgan fingerprint density at radius 2 is 2.00 bits per heavy atom. The first-order valence-corrected chi connectivity index (χ1v) is 11.1. The van der Waals surface area contributed by atoms with Gasteiger partial charge in [-0.3, -0.25) is 4.79 Å². The van der Waals surface area contributed by atoms with E-state index in [1.54, 1.807) is 0 Å². The van der Waals surface area contributed by atoms with Crippen LogP contribution in [0.2, 0.25) is 0 Å². The first-order valence-electron chi connectivity index (χ1n) is 11.1. The van der Waals surface area contributed by atoms with Gasteiger partial charge < -0.3 is 15.7 Å². The molecule has 0 spiro atoms. The molecule has 0 aliphatic heterocycles. The Hall–Kier alpha value is -0.910. The van der Waals surface area contributed by atoms with Crippen LogP contribution in [0.3, 0.4) is 0 Å². The number of hydrogen-bond donors (Lipinski definition) is 2. The van der Waals surface area contributed by atoms with Crippen molar-refractivity contribution in [2.24, 2.45) is 45.4 Å². The predicted octanol–water partition coefficient (Wildman–Crippen LogP) is 3.88. The number of hydrogen-bond acceptors (Lipinski definition) is 5. The molecule has 164 valence electrons. The number of Topliss-reactive ketones (excluding diaryl/α,β-unsaturated/α-hetero) is 1. The van der Waals surface area contributed by atoms with Crippen molar-refractivity contribution in [3.05, 3.63) is 11.6 Å². The standard InChI is InChI=1S/C23H36N2O3.ClH/c1-22-8-5-16(25-28-12-10-24)14-20(22)15(7-11-26)13-17-18-3-4-21(27)23(18,2)9-6-19(17)22;/h7,17-20,26H,3-6,8-14,24H2,1-2H3;1H/b15-7+,25-16-;/t17-,18-,19-,20?,22+,23-;/m0./s1. The van der Waals surface area contributed by atoms with E-state index < -0.39 is 0 Å². The second-order valence-corrected chi connectivity index (χ2v) is 10.0. The molecular formula is C23H37ClN2O3. The van der Waals surface area contributed by atoms with Crippen LogP contribution in [0.1, 0.15) is 65.2 Å². The maximum Gasteiger partial charge on any atom is 0.139 e. The zero-order valence-corrected chi connectivity index (χ0v) is 18.7. The van der Waals surface area contributed by atoms with Gasteiger partial charge >= 0.3 is 0 Å². The van der Waals surface area contributed by atoms with Crippen molar-refractivity contribution in [3.8, 4) is 0 Å². The van der Waals surface area contributed by atoms with E-state index in [9.17, 15) is 9.90 Å². The Labute approximate surface area is 180 Å². The molecule has 4 fully saturated rings. The number of aliphatic hydroxyl groups excluding tert-OH is 1. The second-order valence-electron chi connectivity index (χ2n) is 10.0. The Balaban J connectivity index is 0.00000240. The summed E-state index contributed by atoms with van der Waals surface area (Å²) in [6.45, 7) is 5.74. The van der Waals surface area contributed by atoms with Gasteiger partial charge in [-0.2, -0.15) is 0 Å². The van der Waals surface area contributed by atoms with Crippen molar-refractivity contribution in [2.45, 2.75) is 65.2 Å². The molecule has 4 rings (SSSR count). The van der Waals surface area contributed by atoms with Crippen LogP contribution in [0.5, 0.6) is 0 Å². The molecule has 6 atom stereocenters. The summed E-state index contributed by atoms with van der Waals surface area (Å²) in [6.07, 6.45) is 10.1. The molecule has 0 saturated heterocycles. The highest BCUT2D eigenvalue weighted by molar-refractivity contribution is 5.87. The third kappa shape index (κ3) is 3.68. The lowest BCUT2D eigenvalue weighted by Gasteiger charge is -2.60. The molecule has 29 heavy (non-hydrogen) atoms. The van der Waals surface area contributed by atoms with Crippen molar-refractivity contribution in [1.29, 1.82) is 0 Å². The van der Waals surface area contributed by atoms with Crippen molar-refractivity contribution in [2.75, 3.05) is 19.8 Å². The summed E-state index contributed by atoms with van der Waals surface area (Å²) < 4.78 is 0. The molecule has 4 aliphatic carbocycles. The normalized spacial score (nSPS) is 44.1. The van der Waals surface area contributed by atoms with E-state index in [0.717, 1.165) is 50.7 Å². The molecule has 3 N–H and O–H groups in total.